The van der Waals surface area contributed by atoms with E-state index in [1.165, 1.54) is 31.4 Å². The van der Waals surface area contributed by atoms with Gasteiger partial charge in [0.25, 0.3) is 0 Å². The van der Waals surface area contributed by atoms with Gasteiger partial charge in [-0.25, -0.2) is 0 Å². The molecule has 0 atom stereocenters. The number of ketones is 1. The monoisotopic (exact) mass is 333 g/mol. The van der Waals surface area contributed by atoms with Crippen LogP contribution in [0.2, 0.25) is 0 Å². The summed E-state index contributed by atoms with van der Waals surface area (Å²) in [5.74, 6) is 2.41. The molecule has 1 aromatic carbocycles. The lowest BCUT2D eigenvalue weighted by Crippen LogP contribution is -2.18. The molecular weight excluding hydrogens is 302 g/mol. The summed E-state index contributed by atoms with van der Waals surface area (Å²) in [5, 5.41) is 3.48. The summed E-state index contributed by atoms with van der Waals surface area (Å²) in [4.78, 5) is 12.4. The number of benzene rings is 1. The van der Waals surface area contributed by atoms with E-state index in [1.807, 2.05) is 42.1 Å². The van der Waals surface area contributed by atoms with Gasteiger partial charge >= 0.3 is 0 Å². The number of rotatable bonds is 13. The van der Waals surface area contributed by atoms with E-state index in [-0.39, 0.29) is 5.78 Å². The van der Waals surface area contributed by atoms with Gasteiger partial charge < -0.3 is 5.32 Å². The van der Waals surface area contributed by atoms with Crippen LogP contribution >= 0.6 is 11.8 Å². The second-order valence-electron chi connectivity index (χ2n) is 5.75. The van der Waals surface area contributed by atoms with Crippen LogP contribution < -0.4 is 5.32 Å². The van der Waals surface area contributed by atoms with Crippen LogP contribution in [0, 0.1) is 0 Å². The summed E-state index contributed by atoms with van der Waals surface area (Å²) >= 11 is 1.97. The second kappa shape index (κ2) is 13.2. The standard InChI is InChI=1S/C20H31NOS/c1-3-5-6-10-13-19(21-14-16-23-15-4-2)17-20(22)18-11-8-7-9-12-18/h7-9,11-12,17,21H,3-6,10,13-16H2,1-2H3/b19-17-. The Kier molecular flexibility index (Phi) is 11.4. The molecule has 0 saturated carbocycles. The van der Waals surface area contributed by atoms with E-state index in [4.69, 9.17) is 0 Å². The fourth-order valence-corrected chi connectivity index (χ4v) is 3.07. The number of unbranched alkanes of at least 4 members (excludes halogenated alkanes) is 3. The Morgan fingerprint density at radius 1 is 1.04 bits per heavy atom. The first-order valence-electron chi connectivity index (χ1n) is 8.89. The van der Waals surface area contributed by atoms with Crippen molar-refractivity contribution in [1.29, 1.82) is 0 Å². The third-order valence-electron chi connectivity index (χ3n) is 3.61. The van der Waals surface area contributed by atoms with Gasteiger partial charge in [0.15, 0.2) is 5.78 Å². The zero-order chi connectivity index (χ0) is 16.8. The summed E-state index contributed by atoms with van der Waals surface area (Å²) < 4.78 is 0. The van der Waals surface area contributed by atoms with Crippen LogP contribution in [0.3, 0.4) is 0 Å². The second-order valence-corrected chi connectivity index (χ2v) is 6.97. The fourth-order valence-electron chi connectivity index (χ4n) is 2.33. The normalized spacial score (nSPS) is 11.5. The Morgan fingerprint density at radius 3 is 2.52 bits per heavy atom. The molecule has 23 heavy (non-hydrogen) atoms. The van der Waals surface area contributed by atoms with Gasteiger partial charge in [0.05, 0.1) is 0 Å². The van der Waals surface area contributed by atoms with Gasteiger partial charge in [-0.15, -0.1) is 0 Å². The summed E-state index contributed by atoms with van der Waals surface area (Å²) in [6, 6.07) is 9.53. The highest BCUT2D eigenvalue weighted by Crippen LogP contribution is 2.11. The molecule has 3 heteroatoms. The SMILES string of the molecule is CCCCCC/C(=C/C(=O)c1ccccc1)NCCSCCC. The molecule has 1 aromatic rings. The Labute approximate surface area is 146 Å². The van der Waals surface area contributed by atoms with Crippen molar-refractivity contribution in [1.82, 2.24) is 5.32 Å². The maximum absolute atomic E-state index is 12.4. The van der Waals surface area contributed by atoms with Gasteiger partial charge in [-0.1, -0.05) is 63.4 Å². The van der Waals surface area contributed by atoms with Crippen molar-refractivity contribution in [3.8, 4) is 0 Å². The number of hydrogen-bond acceptors (Lipinski definition) is 3. The molecule has 0 aromatic heterocycles. The first-order valence-corrected chi connectivity index (χ1v) is 10.0. The fraction of sp³-hybridized carbons (Fsp3) is 0.550. The maximum Gasteiger partial charge on any atom is 0.187 e. The summed E-state index contributed by atoms with van der Waals surface area (Å²) in [6.45, 7) is 5.36. The number of allylic oxidation sites excluding steroid dienone is 2. The molecule has 0 fully saturated rings. The van der Waals surface area contributed by atoms with E-state index in [2.05, 4.69) is 19.2 Å². The third-order valence-corrected chi connectivity index (χ3v) is 4.80. The minimum absolute atomic E-state index is 0.102. The van der Waals surface area contributed by atoms with Crippen molar-refractivity contribution < 1.29 is 4.79 Å². The molecule has 2 nitrogen and oxygen atoms in total. The Balaban J connectivity index is 2.54. The van der Waals surface area contributed by atoms with E-state index in [0.717, 1.165) is 36.4 Å². The van der Waals surface area contributed by atoms with Crippen molar-refractivity contribution in [3.05, 3.63) is 47.7 Å². The first-order chi connectivity index (χ1) is 11.3. The van der Waals surface area contributed by atoms with E-state index >= 15 is 0 Å². The molecule has 0 radical (unpaired) electrons. The quantitative estimate of drug-likeness (QED) is 0.295. The largest absolute Gasteiger partial charge is 0.387 e. The van der Waals surface area contributed by atoms with E-state index in [9.17, 15) is 4.79 Å². The maximum atomic E-state index is 12.4. The Hall–Kier alpha value is -1.22. The number of nitrogens with one attached hydrogen (secondary N) is 1. The molecule has 1 rings (SSSR count). The lowest BCUT2D eigenvalue weighted by Gasteiger charge is -2.11. The molecule has 0 heterocycles. The van der Waals surface area contributed by atoms with Crippen molar-refractivity contribution >= 4 is 17.5 Å². The van der Waals surface area contributed by atoms with Crippen LogP contribution in [0.15, 0.2) is 42.1 Å². The smallest absolute Gasteiger partial charge is 0.187 e. The lowest BCUT2D eigenvalue weighted by molar-refractivity contribution is 0.104. The van der Waals surface area contributed by atoms with Gasteiger partial charge in [-0.3, -0.25) is 4.79 Å². The Morgan fingerprint density at radius 2 is 1.83 bits per heavy atom. The molecule has 0 spiro atoms. The first kappa shape index (κ1) is 19.8. The number of hydrogen-bond donors (Lipinski definition) is 1. The van der Waals surface area contributed by atoms with Crippen LogP contribution in [0.25, 0.3) is 0 Å². The van der Waals surface area contributed by atoms with Gasteiger partial charge in [0.1, 0.15) is 0 Å². The van der Waals surface area contributed by atoms with Crippen molar-refractivity contribution in [2.45, 2.75) is 52.4 Å². The molecule has 0 aliphatic carbocycles. The van der Waals surface area contributed by atoms with Crippen LogP contribution in [0.5, 0.6) is 0 Å². The van der Waals surface area contributed by atoms with E-state index in [0.29, 0.717) is 0 Å². The number of carbonyl (C=O) groups excluding carboxylic acids is 1. The average molecular weight is 334 g/mol. The third kappa shape index (κ3) is 9.50. The number of carbonyl (C=O) groups is 1. The summed E-state index contributed by atoms with van der Waals surface area (Å²) in [6.07, 6.45) is 8.88. The minimum atomic E-state index is 0.102. The minimum Gasteiger partial charge on any atom is -0.387 e. The highest BCUT2D eigenvalue weighted by Gasteiger charge is 2.05. The van der Waals surface area contributed by atoms with Gasteiger partial charge in [-0.2, -0.15) is 11.8 Å². The van der Waals surface area contributed by atoms with Crippen molar-refractivity contribution in [2.75, 3.05) is 18.1 Å². The van der Waals surface area contributed by atoms with Crippen LogP contribution in [0.1, 0.15) is 62.7 Å². The molecule has 0 aliphatic heterocycles. The zero-order valence-electron chi connectivity index (χ0n) is 14.6. The highest BCUT2D eigenvalue weighted by atomic mass is 32.2. The predicted molar refractivity (Wildman–Crippen MR) is 103 cm³/mol. The van der Waals surface area contributed by atoms with Crippen molar-refractivity contribution in [2.24, 2.45) is 0 Å². The predicted octanol–water partition coefficient (Wildman–Crippen LogP) is 5.46. The van der Waals surface area contributed by atoms with Crippen molar-refractivity contribution in [3.63, 3.8) is 0 Å². The van der Waals surface area contributed by atoms with E-state index < -0.39 is 0 Å². The van der Waals surface area contributed by atoms with Crippen LogP contribution in [0.4, 0.5) is 0 Å². The molecule has 0 bridgehead atoms. The number of thioether (sulfide) groups is 1. The zero-order valence-corrected chi connectivity index (χ0v) is 15.5. The van der Waals surface area contributed by atoms with Crippen LogP contribution in [-0.4, -0.2) is 23.8 Å². The molecule has 0 amide bonds. The molecule has 0 aliphatic rings. The molecule has 0 saturated heterocycles. The topological polar surface area (TPSA) is 29.1 Å². The van der Waals surface area contributed by atoms with Gasteiger partial charge in [0.2, 0.25) is 0 Å². The lowest BCUT2D eigenvalue weighted by atomic mass is 10.1. The van der Waals surface area contributed by atoms with Crippen LogP contribution in [-0.2, 0) is 0 Å². The molecule has 128 valence electrons. The molecular formula is C20H31NOS. The molecule has 1 N–H and O–H groups in total. The highest BCUT2D eigenvalue weighted by molar-refractivity contribution is 7.99. The van der Waals surface area contributed by atoms with E-state index in [1.54, 1.807) is 6.08 Å². The molecule has 0 unspecified atom stereocenters. The Bertz CT molecular complexity index is 456. The summed E-state index contributed by atoms with van der Waals surface area (Å²) in [5.41, 5.74) is 1.85. The van der Waals surface area contributed by atoms with Gasteiger partial charge in [0, 0.05) is 29.6 Å². The van der Waals surface area contributed by atoms with Gasteiger partial charge in [-0.05, 0) is 25.0 Å². The summed E-state index contributed by atoms with van der Waals surface area (Å²) in [7, 11) is 0. The average Bonchev–Trinajstić information content (AvgIpc) is 2.59.